The number of nitrogens with zero attached hydrogens (tertiary/aromatic N) is 3. The number of rotatable bonds is 5. The first-order valence-electron chi connectivity index (χ1n) is 8.27. The number of esters is 2. The predicted octanol–water partition coefficient (Wildman–Crippen LogP) is 0.245. The Morgan fingerprint density at radius 3 is 2.68 bits per heavy atom. The third kappa shape index (κ3) is 4.14. The number of alkyl halides is 1. The summed E-state index contributed by atoms with van der Waals surface area (Å²) in [6, 6.07) is 8.14. The van der Waals surface area contributed by atoms with Crippen molar-refractivity contribution in [1.29, 1.82) is 0 Å². The summed E-state index contributed by atoms with van der Waals surface area (Å²) in [6.45, 7) is 0.696. The summed E-state index contributed by atoms with van der Waals surface area (Å²) < 4.78 is 31.1. The predicted molar refractivity (Wildman–Crippen MR) is 91.8 cm³/mol. The minimum atomic E-state index is -1.94. The number of carbonyl (C=O) groups excluding carboxylic acids is 2. The van der Waals surface area contributed by atoms with Crippen molar-refractivity contribution in [2.24, 2.45) is 0 Å². The van der Waals surface area contributed by atoms with E-state index in [9.17, 15) is 18.8 Å². The van der Waals surface area contributed by atoms with Gasteiger partial charge in [-0.25, -0.2) is 14.0 Å². The Morgan fingerprint density at radius 1 is 1.32 bits per heavy atom. The molecule has 0 radical (unpaired) electrons. The van der Waals surface area contributed by atoms with E-state index >= 15 is 0 Å². The molecule has 1 fully saturated rings. The zero-order valence-corrected chi connectivity index (χ0v) is 14.7. The van der Waals surface area contributed by atoms with Crippen LogP contribution >= 0.6 is 0 Å². The van der Waals surface area contributed by atoms with Crippen LogP contribution in [0, 0.1) is 0 Å². The zero-order chi connectivity index (χ0) is 20.3. The molecule has 2 aromatic rings. The average Bonchev–Trinajstić information content (AvgIpc) is 2.96. The van der Waals surface area contributed by atoms with Gasteiger partial charge in [0.05, 0.1) is 11.8 Å². The van der Waals surface area contributed by atoms with Crippen LogP contribution in [-0.2, 0) is 19.0 Å². The van der Waals surface area contributed by atoms with Crippen molar-refractivity contribution >= 4 is 17.8 Å². The summed E-state index contributed by atoms with van der Waals surface area (Å²) in [5.41, 5.74) is 4.73. The molecular weight excluding hydrogens is 375 g/mol. The summed E-state index contributed by atoms with van der Waals surface area (Å²) in [7, 11) is 0. The third-order valence-electron chi connectivity index (χ3n) is 3.93. The molecule has 0 bridgehead atoms. The minimum absolute atomic E-state index is 0.139. The van der Waals surface area contributed by atoms with E-state index in [0.717, 1.165) is 13.1 Å². The summed E-state index contributed by atoms with van der Waals surface area (Å²) in [5.74, 6) is -1.55. The molecule has 10 nitrogen and oxygen atoms in total. The molecule has 0 aliphatic carbocycles. The van der Waals surface area contributed by atoms with Crippen LogP contribution in [0.25, 0.3) is 0 Å². The summed E-state index contributed by atoms with van der Waals surface area (Å²) in [5, 5.41) is 3.70. The van der Waals surface area contributed by atoms with E-state index in [1.807, 2.05) is 0 Å². The topological polar surface area (TPSA) is 136 Å². The number of benzene rings is 1. The van der Waals surface area contributed by atoms with Gasteiger partial charge in [-0.05, 0) is 12.1 Å². The number of carbonyl (C=O) groups is 2. The fourth-order valence-corrected chi connectivity index (χ4v) is 2.71. The standard InChI is InChI=1S/C17H17FN4O6/c1-9(23)27-14-11(8-26-16(24)10-5-3-2-4-6-10)28-15(13(14)18)22-17(25)21-12(19)7-20-22/h2-7,11,13-15H,8H2,1H3,(H2,19,21,25)/t11-,13-,14-,15-/m1/s1. The summed E-state index contributed by atoms with van der Waals surface area (Å²) in [6.07, 6.45) is -4.97. The highest BCUT2D eigenvalue weighted by Gasteiger charge is 2.50. The lowest BCUT2D eigenvalue weighted by Crippen LogP contribution is -2.38. The van der Waals surface area contributed by atoms with Gasteiger partial charge < -0.3 is 19.9 Å². The largest absolute Gasteiger partial charge is 0.459 e. The maximum absolute atomic E-state index is 14.9. The maximum Gasteiger partial charge on any atom is 0.368 e. The van der Waals surface area contributed by atoms with E-state index in [1.165, 1.54) is 0 Å². The van der Waals surface area contributed by atoms with Gasteiger partial charge in [-0.3, -0.25) is 4.79 Å². The summed E-state index contributed by atoms with van der Waals surface area (Å²) in [4.78, 5) is 38.8. The van der Waals surface area contributed by atoms with Crippen molar-refractivity contribution in [1.82, 2.24) is 14.8 Å². The Labute approximate surface area is 158 Å². The number of aromatic nitrogens is 3. The lowest BCUT2D eigenvalue weighted by Gasteiger charge is -2.18. The Kier molecular flexibility index (Phi) is 5.64. The first-order chi connectivity index (χ1) is 13.4. The Balaban J connectivity index is 1.77. The van der Waals surface area contributed by atoms with Crippen molar-refractivity contribution < 1.29 is 28.2 Å². The molecule has 0 spiro atoms. The highest BCUT2D eigenvalue weighted by atomic mass is 19.1. The molecule has 1 aromatic carbocycles. The van der Waals surface area contributed by atoms with Crippen molar-refractivity contribution in [3.8, 4) is 0 Å². The number of hydrogen-bond acceptors (Lipinski definition) is 9. The second-order valence-electron chi connectivity index (χ2n) is 5.96. The van der Waals surface area contributed by atoms with Gasteiger partial charge in [0.15, 0.2) is 18.5 Å². The molecule has 2 heterocycles. The molecule has 11 heteroatoms. The van der Waals surface area contributed by atoms with Gasteiger partial charge in [0.2, 0.25) is 0 Å². The Morgan fingerprint density at radius 2 is 2.04 bits per heavy atom. The highest BCUT2D eigenvalue weighted by Crippen LogP contribution is 2.33. The molecule has 0 amide bonds. The minimum Gasteiger partial charge on any atom is -0.459 e. The number of nitrogen functional groups attached to an aromatic ring is 1. The monoisotopic (exact) mass is 392 g/mol. The van der Waals surface area contributed by atoms with Gasteiger partial charge >= 0.3 is 17.6 Å². The fraction of sp³-hybridized carbons (Fsp3) is 0.353. The van der Waals surface area contributed by atoms with Gasteiger partial charge in [0.25, 0.3) is 0 Å². The van der Waals surface area contributed by atoms with Crippen molar-refractivity contribution in [3.63, 3.8) is 0 Å². The van der Waals surface area contributed by atoms with Crippen molar-refractivity contribution in [2.45, 2.75) is 31.5 Å². The quantitative estimate of drug-likeness (QED) is 0.710. The van der Waals surface area contributed by atoms with Gasteiger partial charge in [-0.2, -0.15) is 14.8 Å². The van der Waals surface area contributed by atoms with Gasteiger partial charge in [-0.1, -0.05) is 18.2 Å². The van der Waals surface area contributed by atoms with Crippen LogP contribution in [0.1, 0.15) is 23.5 Å². The van der Waals surface area contributed by atoms with Crippen molar-refractivity contribution in [3.05, 3.63) is 52.6 Å². The van der Waals surface area contributed by atoms with Crippen LogP contribution in [0.2, 0.25) is 0 Å². The second-order valence-corrected chi connectivity index (χ2v) is 5.96. The third-order valence-corrected chi connectivity index (χ3v) is 3.93. The van der Waals surface area contributed by atoms with Crippen LogP contribution in [0.4, 0.5) is 10.2 Å². The van der Waals surface area contributed by atoms with E-state index in [4.69, 9.17) is 19.9 Å². The highest BCUT2D eigenvalue weighted by molar-refractivity contribution is 5.89. The smallest absolute Gasteiger partial charge is 0.368 e. The van der Waals surface area contributed by atoms with Gasteiger partial charge in [-0.15, -0.1) is 0 Å². The number of hydrogen-bond donors (Lipinski definition) is 1. The van der Waals surface area contributed by atoms with Gasteiger partial charge in [0, 0.05) is 6.92 Å². The first-order valence-corrected chi connectivity index (χ1v) is 8.27. The Hall–Kier alpha value is -3.34. The molecule has 2 N–H and O–H groups in total. The molecule has 1 aliphatic rings. The lowest BCUT2D eigenvalue weighted by atomic mass is 10.1. The van der Waals surface area contributed by atoms with Crippen LogP contribution < -0.4 is 11.4 Å². The lowest BCUT2D eigenvalue weighted by molar-refractivity contribution is -0.152. The van der Waals surface area contributed by atoms with E-state index < -0.39 is 48.8 Å². The normalized spacial score (nSPS) is 23.9. The molecule has 3 rings (SSSR count). The first kappa shape index (κ1) is 19.4. The molecule has 0 saturated carbocycles. The molecule has 1 saturated heterocycles. The fourth-order valence-electron chi connectivity index (χ4n) is 2.71. The van der Waals surface area contributed by atoms with Crippen LogP contribution in [0.3, 0.4) is 0 Å². The molecule has 1 aliphatic heterocycles. The summed E-state index contributed by atoms with van der Waals surface area (Å²) >= 11 is 0. The van der Waals surface area contributed by atoms with E-state index in [1.54, 1.807) is 30.3 Å². The average molecular weight is 392 g/mol. The molecule has 148 valence electrons. The SMILES string of the molecule is CC(=O)O[C@H]1[C@@H](F)[C@H](n2ncc(N)nc2=O)O[C@@H]1COC(=O)c1ccccc1. The van der Waals surface area contributed by atoms with Crippen LogP contribution in [0.15, 0.2) is 41.3 Å². The van der Waals surface area contributed by atoms with Crippen LogP contribution in [-0.4, -0.2) is 51.7 Å². The second kappa shape index (κ2) is 8.13. The van der Waals surface area contributed by atoms with Crippen LogP contribution in [0.5, 0.6) is 0 Å². The Bertz CT molecular complexity index is 921. The van der Waals surface area contributed by atoms with E-state index in [0.29, 0.717) is 10.2 Å². The van der Waals surface area contributed by atoms with E-state index in [-0.39, 0.29) is 5.82 Å². The molecule has 4 atom stereocenters. The number of anilines is 1. The maximum atomic E-state index is 14.9. The number of nitrogens with two attached hydrogens (primary N) is 1. The molecule has 0 unspecified atom stereocenters. The number of halogens is 1. The molecular formula is C17H17FN4O6. The molecule has 28 heavy (non-hydrogen) atoms. The van der Waals surface area contributed by atoms with Crippen molar-refractivity contribution in [2.75, 3.05) is 12.3 Å². The number of ether oxygens (including phenoxy) is 3. The molecule has 1 aromatic heterocycles. The zero-order valence-electron chi connectivity index (χ0n) is 14.7. The van der Waals surface area contributed by atoms with Gasteiger partial charge in [0.1, 0.15) is 18.5 Å². The van der Waals surface area contributed by atoms with E-state index in [2.05, 4.69) is 10.1 Å².